The van der Waals surface area contributed by atoms with Gasteiger partial charge in [0.05, 0.1) is 12.6 Å². The Hall–Kier alpha value is -0.870. The molecular formula is C10H19N3O. The highest BCUT2D eigenvalue weighted by atomic mass is 16.3. The second kappa shape index (κ2) is 5.78. The molecule has 1 rings (SSSR count). The van der Waals surface area contributed by atoms with Gasteiger partial charge in [-0.15, -0.1) is 0 Å². The second-order valence-electron chi connectivity index (χ2n) is 3.45. The Labute approximate surface area is 85.0 Å². The van der Waals surface area contributed by atoms with Gasteiger partial charge in [-0.25, -0.2) is 4.98 Å². The zero-order chi connectivity index (χ0) is 10.4. The van der Waals surface area contributed by atoms with E-state index in [1.54, 1.807) is 13.1 Å². The molecule has 80 valence electrons. The lowest BCUT2D eigenvalue weighted by Crippen LogP contribution is -2.17. The maximum atomic E-state index is 9.17. The number of aliphatic hydroxyl groups excluding tert-OH is 1. The number of aliphatic hydroxyl groups is 1. The van der Waals surface area contributed by atoms with Crippen LogP contribution < -0.4 is 5.32 Å². The molecule has 2 N–H and O–H groups in total. The smallest absolute Gasteiger partial charge is 0.122 e. The summed E-state index contributed by atoms with van der Waals surface area (Å²) < 4.78 is 2.08. The van der Waals surface area contributed by atoms with Crippen LogP contribution in [-0.4, -0.2) is 27.3 Å². The molecule has 4 nitrogen and oxygen atoms in total. The monoisotopic (exact) mass is 197 g/mol. The van der Waals surface area contributed by atoms with Crippen LogP contribution >= 0.6 is 0 Å². The Bertz CT molecular complexity index is 258. The van der Waals surface area contributed by atoms with Gasteiger partial charge in [0.2, 0.25) is 0 Å². The number of nitrogens with one attached hydrogen (secondary N) is 1. The molecule has 1 heterocycles. The molecule has 0 fully saturated rings. The minimum absolute atomic E-state index is 0.246. The summed E-state index contributed by atoms with van der Waals surface area (Å²) in [4.78, 5) is 4.25. The van der Waals surface area contributed by atoms with Gasteiger partial charge in [0.15, 0.2) is 0 Å². The molecule has 0 aromatic carbocycles. The molecule has 0 saturated heterocycles. The SMILES string of the molecule is CCNCc1nccn1CCC(C)O. The van der Waals surface area contributed by atoms with E-state index in [-0.39, 0.29) is 6.10 Å². The van der Waals surface area contributed by atoms with Crippen molar-refractivity contribution < 1.29 is 5.11 Å². The van der Waals surface area contributed by atoms with Crippen LogP contribution in [0.1, 0.15) is 26.1 Å². The average Bonchev–Trinajstić information content (AvgIpc) is 2.58. The summed E-state index contributed by atoms with van der Waals surface area (Å²) in [5, 5.41) is 12.4. The van der Waals surface area contributed by atoms with Crippen molar-refractivity contribution in [3.05, 3.63) is 18.2 Å². The van der Waals surface area contributed by atoms with Gasteiger partial charge in [0.1, 0.15) is 5.82 Å². The molecule has 0 spiro atoms. The Morgan fingerprint density at radius 1 is 1.64 bits per heavy atom. The van der Waals surface area contributed by atoms with Crippen LogP contribution in [0.2, 0.25) is 0 Å². The van der Waals surface area contributed by atoms with Gasteiger partial charge in [-0.05, 0) is 19.9 Å². The van der Waals surface area contributed by atoms with Crippen LogP contribution in [0.15, 0.2) is 12.4 Å². The van der Waals surface area contributed by atoms with Crippen LogP contribution in [-0.2, 0) is 13.1 Å². The zero-order valence-electron chi connectivity index (χ0n) is 8.90. The number of imidazole rings is 1. The number of aryl methyl sites for hydroxylation is 1. The predicted octanol–water partition coefficient (Wildman–Crippen LogP) is 0.763. The molecule has 0 amide bonds. The quantitative estimate of drug-likeness (QED) is 0.708. The van der Waals surface area contributed by atoms with Crippen molar-refractivity contribution in [1.82, 2.24) is 14.9 Å². The van der Waals surface area contributed by atoms with E-state index in [2.05, 4.69) is 21.8 Å². The third-order valence-electron chi connectivity index (χ3n) is 2.12. The van der Waals surface area contributed by atoms with Gasteiger partial charge >= 0.3 is 0 Å². The van der Waals surface area contributed by atoms with E-state index in [0.29, 0.717) is 0 Å². The summed E-state index contributed by atoms with van der Waals surface area (Å²) in [5.41, 5.74) is 0. The predicted molar refractivity (Wildman–Crippen MR) is 55.9 cm³/mol. The van der Waals surface area contributed by atoms with Gasteiger partial charge in [0, 0.05) is 18.9 Å². The van der Waals surface area contributed by atoms with Gasteiger partial charge < -0.3 is 15.0 Å². The first-order valence-electron chi connectivity index (χ1n) is 5.12. The molecule has 0 bridgehead atoms. The van der Waals surface area contributed by atoms with E-state index in [1.165, 1.54) is 0 Å². The van der Waals surface area contributed by atoms with Crippen molar-refractivity contribution in [2.24, 2.45) is 0 Å². The molecule has 14 heavy (non-hydrogen) atoms. The number of nitrogens with zero attached hydrogens (tertiary/aromatic N) is 2. The Morgan fingerprint density at radius 3 is 3.07 bits per heavy atom. The molecular weight excluding hydrogens is 178 g/mol. The normalized spacial score (nSPS) is 13.1. The largest absolute Gasteiger partial charge is 0.393 e. The molecule has 1 aromatic heterocycles. The third kappa shape index (κ3) is 3.47. The summed E-state index contributed by atoms with van der Waals surface area (Å²) >= 11 is 0. The third-order valence-corrected chi connectivity index (χ3v) is 2.12. The second-order valence-corrected chi connectivity index (χ2v) is 3.45. The number of hydrogen-bond donors (Lipinski definition) is 2. The molecule has 0 aliphatic heterocycles. The Kier molecular flexibility index (Phi) is 4.62. The lowest BCUT2D eigenvalue weighted by molar-refractivity contribution is 0.177. The first kappa shape index (κ1) is 11.2. The van der Waals surface area contributed by atoms with Gasteiger partial charge in [-0.1, -0.05) is 6.92 Å². The maximum absolute atomic E-state index is 9.17. The highest BCUT2D eigenvalue weighted by Crippen LogP contribution is 2.01. The first-order valence-corrected chi connectivity index (χ1v) is 5.12. The van der Waals surface area contributed by atoms with E-state index >= 15 is 0 Å². The molecule has 1 aromatic rings. The summed E-state index contributed by atoms with van der Waals surface area (Å²) in [6.45, 7) is 6.45. The van der Waals surface area contributed by atoms with E-state index in [9.17, 15) is 0 Å². The zero-order valence-corrected chi connectivity index (χ0v) is 8.90. The van der Waals surface area contributed by atoms with Crippen LogP contribution in [0.3, 0.4) is 0 Å². The van der Waals surface area contributed by atoms with E-state index in [4.69, 9.17) is 5.11 Å². The van der Waals surface area contributed by atoms with Gasteiger partial charge in [0.25, 0.3) is 0 Å². The topological polar surface area (TPSA) is 50.1 Å². The average molecular weight is 197 g/mol. The molecule has 1 atom stereocenters. The van der Waals surface area contributed by atoms with E-state index < -0.39 is 0 Å². The summed E-state index contributed by atoms with van der Waals surface area (Å²) in [6, 6.07) is 0. The fourth-order valence-corrected chi connectivity index (χ4v) is 1.27. The highest BCUT2D eigenvalue weighted by molar-refractivity contribution is 4.91. The van der Waals surface area contributed by atoms with Crippen molar-refractivity contribution >= 4 is 0 Å². The minimum atomic E-state index is -0.246. The van der Waals surface area contributed by atoms with Crippen molar-refractivity contribution in [3.8, 4) is 0 Å². The van der Waals surface area contributed by atoms with Crippen LogP contribution in [0.25, 0.3) is 0 Å². The number of rotatable bonds is 6. The number of aromatic nitrogens is 2. The standard InChI is InChI=1S/C10H19N3O/c1-3-11-8-10-12-5-7-13(10)6-4-9(2)14/h5,7,9,11,14H,3-4,6,8H2,1-2H3. The summed E-state index contributed by atoms with van der Waals surface area (Å²) in [5.74, 6) is 1.03. The van der Waals surface area contributed by atoms with Crippen LogP contribution in [0.4, 0.5) is 0 Å². The Balaban J connectivity index is 2.45. The Morgan fingerprint density at radius 2 is 2.43 bits per heavy atom. The fraction of sp³-hybridized carbons (Fsp3) is 0.700. The van der Waals surface area contributed by atoms with Gasteiger partial charge in [-0.3, -0.25) is 0 Å². The van der Waals surface area contributed by atoms with Crippen LogP contribution in [0.5, 0.6) is 0 Å². The molecule has 1 unspecified atom stereocenters. The summed E-state index contributed by atoms with van der Waals surface area (Å²) in [6.07, 6.45) is 4.28. The van der Waals surface area contributed by atoms with Crippen molar-refractivity contribution in [1.29, 1.82) is 0 Å². The molecule has 0 aliphatic rings. The minimum Gasteiger partial charge on any atom is -0.393 e. The van der Waals surface area contributed by atoms with Crippen molar-refractivity contribution in [3.63, 3.8) is 0 Å². The summed E-state index contributed by atoms with van der Waals surface area (Å²) in [7, 11) is 0. The molecule has 0 radical (unpaired) electrons. The van der Waals surface area contributed by atoms with E-state index in [0.717, 1.165) is 31.9 Å². The fourth-order valence-electron chi connectivity index (χ4n) is 1.27. The molecule has 0 aliphatic carbocycles. The van der Waals surface area contributed by atoms with Crippen molar-refractivity contribution in [2.45, 2.75) is 39.5 Å². The lowest BCUT2D eigenvalue weighted by Gasteiger charge is -2.09. The number of hydrogen-bond acceptors (Lipinski definition) is 3. The molecule has 4 heteroatoms. The molecule has 0 saturated carbocycles. The van der Waals surface area contributed by atoms with E-state index in [1.807, 2.05) is 6.20 Å². The van der Waals surface area contributed by atoms with Crippen LogP contribution in [0, 0.1) is 0 Å². The first-order chi connectivity index (χ1) is 6.74. The maximum Gasteiger partial charge on any atom is 0.122 e. The van der Waals surface area contributed by atoms with Crippen molar-refractivity contribution in [2.75, 3.05) is 6.54 Å². The van der Waals surface area contributed by atoms with Gasteiger partial charge in [-0.2, -0.15) is 0 Å². The highest BCUT2D eigenvalue weighted by Gasteiger charge is 2.02. The lowest BCUT2D eigenvalue weighted by atomic mass is 10.3.